The average molecular weight is 573 g/mol. The van der Waals surface area contributed by atoms with Gasteiger partial charge >= 0.3 is 0 Å². The standard InChI is InChI=1S/C32H36N4O4S/c1-21-29(33-22(2)30(21)32(38)36-16-8-11-24(36)19-35-14-6-7-15-35)18-27-26-17-25(12-13-28(26)34-31(27)37)41(39,40)20-23-9-4-3-5-10-23/h3-5,9-10,12-13,17-18,24,33H,6-8,11,14-16,19-20H2,1-2H3,(H,34,37)/b27-18-/t24-/m1/s1. The summed E-state index contributed by atoms with van der Waals surface area (Å²) in [5.74, 6) is -0.390. The average Bonchev–Trinajstić information content (AvgIpc) is 3.73. The number of carbonyl (C=O) groups excluding carboxylic acids is 2. The minimum Gasteiger partial charge on any atom is -0.358 e. The number of amides is 2. The van der Waals surface area contributed by atoms with E-state index < -0.39 is 9.84 Å². The summed E-state index contributed by atoms with van der Waals surface area (Å²) in [6, 6.07) is 14.0. The van der Waals surface area contributed by atoms with Crippen molar-refractivity contribution in [3.8, 4) is 0 Å². The number of fused-ring (bicyclic) bond motifs is 1. The van der Waals surface area contributed by atoms with Crippen molar-refractivity contribution in [1.29, 1.82) is 0 Å². The Hall–Kier alpha value is -3.69. The number of anilines is 1. The molecule has 2 saturated heterocycles. The maximum absolute atomic E-state index is 13.8. The third-order valence-corrected chi connectivity index (χ3v) is 10.3. The summed E-state index contributed by atoms with van der Waals surface area (Å²) in [5.41, 5.74) is 5.07. The van der Waals surface area contributed by atoms with Gasteiger partial charge in [-0.2, -0.15) is 0 Å². The molecule has 9 heteroatoms. The molecule has 0 unspecified atom stereocenters. The molecule has 0 radical (unpaired) electrons. The van der Waals surface area contributed by atoms with Gasteiger partial charge in [-0.05, 0) is 88.0 Å². The van der Waals surface area contributed by atoms with Crippen molar-refractivity contribution in [3.05, 3.63) is 82.2 Å². The Balaban J connectivity index is 1.29. The highest BCUT2D eigenvalue weighted by atomic mass is 32.2. The van der Waals surface area contributed by atoms with Gasteiger partial charge in [0.1, 0.15) is 0 Å². The maximum atomic E-state index is 13.8. The molecular weight excluding hydrogens is 536 g/mol. The zero-order valence-corrected chi connectivity index (χ0v) is 24.4. The molecule has 1 aromatic heterocycles. The summed E-state index contributed by atoms with van der Waals surface area (Å²) in [5, 5.41) is 2.85. The lowest BCUT2D eigenvalue weighted by molar-refractivity contribution is -0.110. The number of aromatic nitrogens is 1. The summed E-state index contributed by atoms with van der Waals surface area (Å²) < 4.78 is 26.4. The van der Waals surface area contributed by atoms with E-state index in [2.05, 4.69) is 15.2 Å². The van der Waals surface area contributed by atoms with E-state index in [0.29, 0.717) is 33.6 Å². The van der Waals surface area contributed by atoms with Gasteiger partial charge in [-0.25, -0.2) is 8.42 Å². The van der Waals surface area contributed by atoms with E-state index in [1.807, 2.05) is 36.9 Å². The minimum atomic E-state index is -3.62. The molecule has 3 aromatic rings. The van der Waals surface area contributed by atoms with Crippen molar-refractivity contribution in [2.45, 2.75) is 56.2 Å². The molecular formula is C32H36N4O4S. The highest BCUT2D eigenvalue weighted by Crippen LogP contribution is 2.36. The molecule has 0 bridgehead atoms. The van der Waals surface area contributed by atoms with Crippen LogP contribution < -0.4 is 5.32 Å². The SMILES string of the molecule is Cc1[nH]c(/C=C2\C(=O)Nc3ccc(S(=O)(=O)Cc4ccccc4)cc32)c(C)c1C(=O)N1CCC[C@@H]1CN1CCCC1. The number of nitrogens with one attached hydrogen (secondary N) is 2. The smallest absolute Gasteiger partial charge is 0.256 e. The number of hydrogen-bond donors (Lipinski definition) is 2. The van der Waals surface area contributed by atoms with Crippen LogP contribution in [-0.4, -0.2) is 67.2 Å². The second-order valence-electron chi connectivity index (χ2n) is 11.4. The van der Waals surface area contributed by atoms with Gasteiger partial charge in [0.05, 0.1) is 21.8 Å². The summed E-state index contributed by atoms with van der Waals surface area (Å²) in [7, 11) is -3.62. The lowest BCUT2D eigenvalue weighted by Crippen LogP contribution is -2.42. The fourth-order valence-corrected chi connectivity index (χ4v) is 7.84. The predicted octanol–water partition coefficient (Wildman–Crippen LogP) is 4.80. The van der Waals surface area contributed by atoms with Crippen molar-refractivity contribution in [3.63, 3.8) is 0 Å². The van der Waals surface area contributed by atoms with E-state index in [0.717, 1.165) is 50.3 Å². The highest BCUT2D eigenvalue weighted by molar-refractivity contribution is 7.90. The van der Waals surface area contributed by atoms with E-state index >= 15 is 0 Å². The lowest BCUT2D eigenvalue weighted by atomic mass is 10.0. The zero-order chi connectivity index (χ0) is 28.7. The van der Waals surface area contributed by atoms with E-state index in [4.69, 9.17) is 0 Å². The molecule has 0 saturated carbocycles. The van der Waals surface area contributed by atoms with Gasteiger partial charge in [-0.1, -0.05) is 30.3 Å². The monoisotopic (exact) mass is 572 g/mol. The Morgan fingerprint density at radius 1 is 1.02 bits per heavy atom. The van der Waals surface area contributed by atoms with Crippen LogP contribution in [-0.2, 0) is 20.4 Å². The van der Waals surface area contributed by atoms with Crippen LogP contribution >= 0.6 is 0 Å². The number of benzene rings is 2. The molecule has 214 valence electrons. The van der Waals surface area contributed by atoms with Crippen molar-refractivity contribution in [1.82, 2.24) is 14.8 Å². The van der Waals surface area contributed by atoms with Crippen molar-refractivity contribution < 1.29 is 18.0 Å². The van der Waals surface area contributed by atoms with Crippen LogP contribution in [0.3, 0.4) is 0 Å². The summed E-state index contributed by atoms with van der Waals surface area (Å²) >= 11 is 0. The molecule has 8 nitrogen and oxygen atoms in total. The Morgan fingerprint density at radius 2 is 1.78 bits per heavy atom. The molecule has 2 aromatic carbocycles. The Morgan fingerprint density at radius 3 is 2.54 bits per heavy atom. The van der Waals surface area contributed by atoms with Gasteiger partial charge < -0.3 is 20.1 Å². The molecule has 3 aliphatic heterocycles. The second kappa shape index (κ2) is 10.9. The quantitative estimate of drug-likeness (QED) is 0.396. The Bertz CT molecular complexity index is 1640. The van der Waals surface area contributed by atoms with Gasteiger partial charge in [0, 0.05) is 41.8 Å². The van der Waals surface area contributed by atoms with E-state index in [9.17, 15) is 18.0 Å². The van der Waals surface area contributed by atoms with Crippen LogP contribution in [0.15, 0.2) is 53.4 Å². The van der Waals surface area contributed by atoms with Gasteiger partial charge in [-0.15, -0.1) is 0 Å². The van der Waals surface area contributed by atoms with E-state index in [-0.39, 0.29) is 28.5 Å². The fourth-order valence-electron chi connectivity index (χ4n) is 6.46. The van der Waals surface area contributed by atoms with Crippen molar-refractivity contribution >= 4 is 39.0 Å². The number of likely N-dealkylation sites (tertiary alicyclic amines) is 2. The first kappa shape index (κ1) is 27.5. The first-order valence-electron chi connectivity index (χ1n) is 14.4. The molecule has 2 fully saturated rings. The highest BCUT2D eigenvalue weighted by Gasteiger charge is 2.34. The van der Waals surface area contributed by atoms with Crippen LogP contribution in [0.5, 0.6) is 0 Å². The lowest BCUT2D eigenvalue weighted by Gasteiger charge is -2.28. The van der Waals surface area contributed by atoms with Gasteiger partial charge in [0.15, 0.2) is 9.84 Å². The van der Waals surface area contributed by atoms with Crippen LogP contribution in [0.2, 0.25) is 0 Å². The Kier molecular flexibility index (Phi) is 7.34. The third kappa shape index (κ3) is 5.36. The van der Waals surface area contributed by atoms with E-state index in [1.54, 1.807) is 30.3 Å². The van der Waals surface area contributed by atoms with Crippen LogP contribution in [0.25, 0.3) is 11.6 Å². The second-order valence-corrected chi connectivity index (χ2v) is 13.4. The molecule has 41 heavy (non-hydrogen) atoms. The maximum Gasteiger partial charge on any atom is 0.256 e. The number of carbonyl (C=O) groups is 2. The summed E-state index contributed by atoms with van der Waals surface area (Å²) in [6.45, 7) is 7.70. The molecule has 4 heterocycles. The number of H-pyrrole nitrogens is 1. The van der Waals surface area contributed by atoms with Gasteiger partial charge in [0.2, 0.25) is 0 Å². The van der Waals surface area contributed by atoms with Gasteiger partial charge in [0.25, 0.3) is 11.8 Å². The molecule has 0 aliphatic carbocycles. The fraction of sp³-hybridized carbons (Fsp3) is 0.375. The number of rotatable bonds is 7. The normalized spacial score (nSPS) is 20.1. The molecule has 6 rings (SSSR count). The van der Waals surface area contributed by atoms with Gasteiger partial charge in [-0.3, -0.25) is 9.59 Å². The molecule has 2 N–H and O–H groups in total. The minimum absolute atomic E-state index is 0.0353. The predicted molar refractivity (Wildman–Crippen MR) is 160 cm³/mol. The molecule has 1 atom stereocenters. The summed E-state index contributed by atoms with van der Waals surface area (Å²) in [6.07, 6.45) is 6.22. The first-order valence-corrected chi connectivity index (χ1v) is 16.0. The summed E-state index contributed by atoms with van der Waals surface area (Å²) in [4.78, 5) is 34.8. The molecule has 2 amide bonds. The number of aryl methyl sites for hydroxylation is 1. The van der Waals surface area contributed by atoms with Crippen molar-refractivity contribution in [2.75, 3.05) is 31.5 Å². The Labute approximate surface area is 241 Å². The van der Waals surface area contributed by atoms with Crippen LogP contribution in [0.1, 0.15) is 64.1 Å². The topological polar surface area (TPSA) is 103 Å². The van der Waals surface area contributed by atoms with E-state index in [1.165, 1.54) is 18.9 Å². The number of nitrogens with zero attached hydrogens (tertiary/aromatic N) is 2. The third-order valence-electron chi connectivity index (χ3n) is 8.62. The zero-order valence-electron chi connectivity index (χ0n) is 23.6. The molecule has 0 spiro atoms. The number of sulfone groups is 1. The number of aromatic amines is 1. The first-order chi connectivity index (χ1) is 19.7. The largest absolute Gasteiger partial charge is 0.358 e. The van der Waals surface area contributed by atoms with Crippen LogP contribution in [0, 0.1) is 13.8 Å². The van der Waals surface area contributed by atoms with Crippen LogP contribution in [0.4, 0.5) is 5.69 Å². The van der Waals surface area contributed by atoms with Crippen molar-refractivity contribution in [2.24, 2.45) is 0 Å². The number of hydrogen-bond acceptors (Lipinski definition) is 5. The molecule has 3 aliphatic rings.